The predicted octanol–water partition coefficient (Wildman–Crippen LogP) is 3.46. The Bertz CT molecular complexity index is 520. The number of hydrogen-bond acceptors (Lipinski definition) is 2. The van der Waals surface area contributed by atoms with Gasteiger partial charge in [-0.3, -0.25) is 0 Å². The van der Waals surface area contributed by atoms with E-state index in [1.165, 1.54) is 5.56 Å². The van der Waals surface area contributed by atoms with Gasteiger partial charge in [-0.15, -0.1) is 0 Å². The summed E-state index contributed by atoms with van der Waals surface area (Å²) in [5.41, 5.74) is 2.13. The summed E-state index contributed by atoms with van der Waals surface area (Å²) in [4.78, 5) is 0. The molecule has 2 heteroatoms. The fraction of sp³-hybridized carbons (Fsp3) is 0.200. The van der Waals surface area contributed by atoms with Gasteiger partial charge in [0.1, 0.15) is 17.6 Å². The van der Waals surface area contributed by atoms with E-state index in [-0.39, 0.29) is 6.10 Å². The highest BCUT2D eigenvalue weighted by molar-refractivity contribution is 5.45. The first-order valence-electron chi connectivity index (χ1n) is 5.87. The molecule has 3 rings (SSSR count). The molecule has 17 heavy (non-hydrogen) atoms. The van der Waals surface area contributed by atoms with Crippen molar-refractivity contribution >= 4 is 0 Å². The maximum absolute atomic E-state index is 9.73. The summed E-state index contributed by atoms with van der Waals surface area (Å²) in [6.45, 7) is 0. The molecule has 1 atom stereocenters. The average Bonchev–Trinajstić information content (AvgIpc) is 2.40. The maximum Gasteiger partial charge on any atom is 0.127 e. The Hall–Kier alpha value is -1.96. The first kappa shape index (κ1) is 10.2. The van der Waals surface area contributed by atoms with E-state index >= 15 is 0 Å². The van der Waals surface area contributed by atoms with E-state index in [9.17, 15) is 5.11 Å². The van der Waals surface area contributed by atoms with Gasteiger partial charge in [0.15, 0.2) is 0 Å². The second-order valence-electron chi connectivity index (χ2n) is 4.31. The van der Waals surface area contributed by atoms with Crippen molar-refractivity contribution in [1.82, 2.24) is 0 Å². The molecule has 86 valence electrons. The molecule has 2 aromatic rings. The Morgan fingerprint density at radius 3 is 2.65 bits per heavy atom. The molecule has 1 unspecified atom stereocenters. The molecular formula is C15H14O2. The highest BCUT2D eigenvalue weighted by Crippen LogP contribution is 2.38. The normalized spacial score (nSPS) is 18.2. The molecule has 1 heterocycles. The molecule has 1 N–H and O–H groups in total. The minimum absolute atomic E-state index is 0.102. The van der Waals surface area contributed by atoms with Crippen molar-refractivity contribution < 1.29 is 9.84 Å². The molecule has 0 fully saturated rings. The minimum atomic E-state index is 0.102. The molecule has 1 aliphatic heterocycles. The third-order valence-corrected chi connectivity index (χ3v) is 3.21. The summed E-state index contributed by atoms with van der Waals surface area (Å²) in [5.74, 6) is 1.15. The van der Waals surface area contributed by atoms with E-state index in [0.29, 0.717) is 5.75 Å². The highest BCUT2D eigenvalue weighted by atomic mass is 16.5. The van der Waals surface area contributed by atoms with Gasteiger partial charge in [-0.05, 0) is 30.5 Å². The van der Waals surface area contributed by atoms with Crippen LogP contribution in [0, 0.1) is 0 Å². The second-order valence-corrected chi connectivity index (χ2v) is 4.31. The van der Waals surface area contributed by atoms with Crippen molar-refractivity contribution in [3.63, 3.8) is 0 Å². The van der Waals surface area contributed by atoms with Gasteiger partial charge in [0.25, 0.3) is 0 Å². The van der Waals surface area contributed by atoms with E-state index in [1.54, 1.807) is 6.07 Å². The van der Waals surface area contributed by atoms with Crippen molar-refractivity contribution in [3.8, 4) is 11.5 Å². The number of aromatic hydroxyl groups is 1. The van der Waals surface area contributed by atoms with Gasteiger partial charge in [-0.2, -0.15) is 0 Å². The number of benzene rings is 2. The van der Waals surface area contributed by atoms with Crippen LogP contribution in [0.1, 0.15) is 23.7 Å². The van der Waals surface area contributed by atoms with Crippen LogP contribution in [0.5, 0.6) is 11.5 Å². The molecular weight excluding hydrogens is 212 g/mol. The Morgan fingerprint density at radius 1 is 1.00 bits per heavy atom. The van der Waals surface area contributed by atoms with Crippen molar-refractivity contribution in [3.05, 3.63) is 59.7 Å². The number of phenolic OH excluding ortho intramolecular Hbond substituents is 1. The molecule has 0 radical (unpaired) electrons. The molecule has 0 amide bonds. The van der Waals surface area contributed by atoms with Crippen molar-refractivity contribution in [1.29, 1.82) is 0 Å². The van der Waals surface area contributed by atoms with Crippen molar-refractivity contribution in [2.45, 2.75) is 18.9 Å². The SMILES string of the molecule is Oc1cccc2c1CCC(c1ccccc1)O2. The smallest absolute Gasteiger partial charge is 0.127 e. The van der Waals surface area contributed by atoms with Crippen LogP contribution < -0.4 is 4.74 Å². The number of phenols is 1. The largest absolute Gasteiger partial charge is 0.508 e. The zero-order chi connectivity index (χ0) is 11.7. The molecule has 0 aliphatic carbocycles. The maximum atomic E-state index is 9.73. The number of fused-ring (bicyclic) bond motifs is 1. The monoisotopic (exact) mass is 226 g/mol. The molecule has 0 spiro atoms. The quantitative estimate of drug-likeness (QED) is 0.806. The first-order valence-corrected chi connectivity index (χ1v) is 5.87. The van der Waals surface area contributed by atoms with E-state index in [0.717, 1.165) is 24.2 Å². The van der Waals surface area contributed by atoms with Gasteiger partial charge in [-0.25, -0.2) is 0 Å². The predicted molar refractivity (Wildman–Crippen MR) is 66.2 cm³/mol. The van der Waals surface area contributed by atoms with Crippen LogP contribution in [-0.2, 0) is 6.42 Å². The lowest BCUT2D eigenvalue weighted by Gasteiger charge is -2.26. The number of rotatable bonds is 1. The summed E-state index contributed by atoms with van der Waals surface area (Å²) in [5, 5.41) is 9.73. The van der Waals surface area contributed by atoms with Crippen LogP contribution in [-0.4, -0.2) is 5.11 Å². The zero-order valence-electron chi connectivity index (χ0n) is 9.47. The van der Waals surface area contributed by atoms with Gasteiger partial charge in [0.2, 0.25) is 0 Å². The van der Waals surface area contributed by atoms with Crippen LogP contribution in [0.25, 0.3) is 0 Å². The fourth-order valence-corrected chi connectivity index (χ4v) is 2.31. The summed E-state index contributed by atoms with van der Waals surface area (Å²) < 4.78 is 5.94. The molecule has 2 aromatic carbocycles. The van der Waals surface area contributed by atoms with Crippen LogP contribution in [0.2, 0.25) is 0 Å². The molecule has 0 bridgehead atoms. The molecule has 2 nitrogen and oxygen atoms in total. The molecule has 0 saturated heterocycles. The average molecular weight is 226 g/mol. The van der Waals surface area contributed by atoms with Gasteiger partial charge in [-0.1, -0.05) is 36.4 Å². The van der Waals surface area contributed by atoms with Gasteiger partial charge >= 0.3 is 0 Å². The summed E-state index contributed by atoms with van der Waals surface area (Å²) in [6, 6.07) is 15.7. The fourth-order valence-electron chi connectivity index (χ4n) is 2.31. The lowest BCUT2D eigenvalue weighted by Crippen LogP contribution is -2.14. The van der Waals surface area contributed by atoms with E-state index in [4.69, 9.17) is 4.74 Å². The van der Waals surface area contributed by atoms with Crippen LogP contribution in [0.4, 0.5) is 0 Å². The topological polar surface area (TPSA) is 29.5 Å². The van der Waals surface area contributed by atoms with Crippen LogP contribution >= 0.6 is 0 Å². The summed E-state index contributed by atoms with van der Waals surface area (Å²) in [7, 11) is 0. The van der Waals surface area contributed by atoms with Gasteiger partial charge < -0.3 is 9.84 Å². The van der Waals surface area contributed by atoms with Crippen LogP contribution in [0.15, 0.2) is 48.5 Å². The van der Waals surface area contributed by atoms with Crippen molar-refractivity contribution in [2.75, 3.05) is 0 Å². The highest BCUT2D eigenvalue weighted by Gasteiger charge is 2.22. The van der Waals surface area contributed by atoms with E-state index in [2.05, 4.69) is 12.1 Å². The number of ether oxygens (including phenoxy) is 1. The summed E-state index contributed by atoms with van der Waals surface area (Å²) in [6.07, 6.45) is 1.88. The zero-order valence-corrected chi connectivity index (χ0v) is 9.47. The Balaban J connectivity index is 1.91. The van der Waals surface area contributed by atoms with Gasteiger partial charge in [0.05, 0.1) is 0 Å². The molecule has 0 aromatic heterocycles. The molecule has 1 aliphatic rings. The van der Waals surface area contributed by atoms with Crippen LogP contribution in [0.3, 0.4) is 0 Å². The lowest BCUT2D eigenvalue weighted by molar-refractivity contribution is 0.175. The first-order chi connectivity index (χ1) is 8.34. The Kier molecular flexibility index (Phi) is 2.48. The second kappa shape index (κ2) is 4.13. The van der Waals surface area contributed by atoms with E-state index < -0.39 is 0 Å². The Labute approximate surface area is 100 Å². The molecule has 0 saturated carbocycles. The standard InChI is InChI=1S/C15H14O2/c16-13-7-4-8-15-12(13)9-10-14(17-15)11-5-2-1-3-6-11/h1-8,14,16H,9-10H2. The summed E-state index contributed by atoms with van der Waals surface area (Å²) >= 11 is 0. The minimum Gasteiger partial charge on any atom is -0.508 e. The lowest BCUT2D eigenvalue weighted by atomic mass is 9.97. The third kappa shape index (κ3) is 1.86. The Morgan fingerprint density at radius 2 is 1.82 bits per heavy atom. The van der Waals surface area contributed by atoms with Crippen molar-refractivity contribution in [2.24, 2.45) is 0 Å². The van der Waals surface area contributed by atoms with E-state index in [1.807, 2.05) is 30.3 Å². The van der Waals surface area contributed by atoms with Gasteiger partial charge in [0, 0.05) is 5.56 Å². The number of hydrogen-bond donors (Lipinski definition) is 1. The third-order valence-electron chi connectivity index (χ3n) is 3.21.